The smallest absolute Gasteiger partial charge is 0.260 e. The molecule has 5 rings (SSSR count). The van der Waals surface area contributed by atoms with E-state index in [1.807, 2.05) is 31.2 Å². The fourth-order valence-electron chi connectivity index (χ4n) is 4.61. The Hall–Kier alpha value is -3.16. The number of fused-ring (bicyclic) bond motifs is 1. The van der Waals surface area contributed by atoms with Crippen molar-refractivity contribution in [1.29, 1.82) is 0 Å². The van der Waals surface area contributed by atoms with Gasteiger partial charge in [-0.3, -0.25) is 14.3 Å². The van der Waals surface area contributed by atoms with Crippen LogP contribution in [0.3, 0.4) is 0 Å². The van der Waals surface area contributed by atoms with Crippen LogP contribution >= 0.6 is 11.6 Å². The van der Waals surface area contributed by atoms with Crippen LogP contribution in [0.2, 0.25) is 5.02 Å². The summed E-state index contributed by atoms with van der Waals surface area (Å²) in [5, 5.41) is 1.30. The van der Waals surface area contributed by atoms with E-state index < -0.39 is 0 Å². The summed E-state index contributed by atoms with van der Waals surface area (Å²) in [6.45, 7) is 2.51. The lowest BCUT2D eigenvalue weighted by molar-refractivity contribution is 0.295. The molecule has 3 aromatic heterocycles. The van der Waals surface area contributed by atoms with Gasteiger partial charge in [0.15, 0.2) is 0 Å². The van der Waals surface area contributed by atoms with Gasteiger partial charge in [0, 0.05) is 52.1 Å². The Balaban J connectivity index is 1.58. The van der Waals surface area contributed by atoms with Crippen LogP contribution in [0.15, 0.2) is 54.0 Å². The van der Waals surface area contributed by atoms with Crippen molar-refractivity contribution in [3.63, 3.8) is 0 Å². The summed E-state index contributed by atoms with van der Waals surface area (Å²) in [6, 6.07) is 7.72. The summed E-state index contributed by atoms with van der Waals surface area (Å²) < 4.78 is 1.78. The van der Waals surface area contributed by atoms with Gasteiger partial charge in [-0.1, -0.05) is 23.7 Å². The van der Waals surface area contributed by atoms with Crippen molar-refractivity contribution in [2.24, 2.45) is 11.7 Å². The predicted molar refractivity (Wildman–Crippen MR) is 130 cm³/mol. The molecule has 0 aliphatic heterocycles. The monoisotopic (exact) mass is 460 g/mol. The lowest BCUT2D eigenvalue weighted by Crippen LogP contribution is -2.31. The minimum Gasteiger partial charge on any atom is -0.328 e. The number of benzene rings is 1. The minimum atomic E-state index is -0.0962. The molecule has 1 aliphatic rings. The zero-order valence-corrected chi connectivity index (χ0v) is 19.2. The first-order valence-corrected chi connectivity index (χ1v) is 11.6. The van der Waals surface area contributed by atoms with Crippen molar-refractivity contribution in [2.45, 2.75) is 45.2 Å². The van der Waals surface area contributed by atoms with Crippen molar-refractivity contribution in [3.05, 3.63) is 70.3 Å². The molecule has 3 heterocycles. The number of pyridine rings is 1. The summed E-state index contributed by atoms with van der Waals surface area (Å²) >= 11 is 6.70. The summed E-state index contributed by atoms with van der Waals surface area (Å²) in [7, 11) is 0. The van der Waals surface area contributed by atoms with E-state index in [1.165, 1.54) is 6.33 Å². The highest BCUT2D eigenvalue weighted by atomic mass is 35.5. The topological polar surface area (TPSA) is 99.6 Å². The van der Waals surface area contributed by atoms with Gasteiger partial charge in [-0.25, -0.2) is 15.0 Å². The van der Waals surface area contributed by atoms with Crippen LogP contribution in [0.4, 0.5) is 0 Å². The van der Waals surface area contributed by atoms with Gasteiger partial charge in [0.05, 0.1) is 17.6 Å². The van der Waals surface area contributed by atoms with E-state index >= 15 is 0 Å². The Morgan fingerprint density at radius 3 is 2.64 bits per heavy atom. The van der Waals surface area contributed by atoms with Crippen molar-refractivity contribution < 1.29 is 0 Å². The lowest BCUT2D eigenvalue weighted by Gasteiger charge is -2.27. The van der Waals surface area contributed by atoms with Crippen LogP contribution in [-0.4, -0.2) is 30.5 Å². The molecule has 0 atom stereocenters. The Bertz CT molecular complexity index is 1380. The molecular formula is C25H25ClN6O. The molecule has 0 bridgehead atoms. The van der Waals surface area contributed by atoms with E-state index in [0.29, 0.717) is 34.3 Å². The largest absolute Gasteiger partial charge is 0.328 e. The van der Waals surface area contributed by atoms with Crippen molar-refractivity contribution in [3.8, 4) is 22.4 Å². The van der Waals surface area contributed by atoms with Crippen molar-refractivity contribution >= 4 is 22.6 Å². The lowest BCUT2D eigenvalue weighted by atomic mass is 9.86. The second kappa shape index (κ2) is 9.00. The zero-order chi connectivity index (χ0) is 22.9. The second-order valence-corrected chi connectivity index (χ2v) is 9.20. The van der Waals surface area contributed by atoms with Gasteiger partial charge in [-0.15, -0.1) is 0 Å². The van der Waals surface area contributed by atoms with Gasteiger partial charge in [0.25, 0.3) is 5.56 Å². The molecule has 0 saturated heterocycles. The van der Waals surface area contributed by atoms with E-state index in [-0.39, 0.29) is 11.6 Å². The molecule has 0 radical (unpaired) electrons. The Morgan fingerprint density at radius 1 is 1.06 bits per heavy atom. The van der Waals surface area contributed by atoms with Gasteiger partial charge in [-0.2, -0.15) is 0 Å². The summed E-state index contributed by atoms with van der Waals surface area (Å²) in [5.74, 6) is 0.397. The van der Waals surface area contributed by atoms with E-state index in [9.17, 15) is 4.79 Å². The van der Waals surface area contributed by atoms with Crippen LogP contribution in [0.5, 0.6) is 0 Å². The van der Waals surface area contributed by atoms with E-state index in [0.717, 1.165) is 48.0 Å². The van der Waals surface area contributed by atoms with Gasteiger partial charge < -0.3 is 5.73 Å². The fraction of sp³-hybridized carbons (Fsp3) is 0.320. The second-order valence-electron chi connectivity index (χ2n) is 8.80. The maximum atomic E-state index is 13.7. The van der Waals surface area contributed by atoms with E-state index in [1.54, 1.807) is 23.2 Å². The van der Waals surface area contributed by atoms with Crippen LogP contribution in [0, 0.1) is 12.8 Å². The van der Waals surface area contributed by atoms with Crippen molar-refractivity contribution in [1.82, 2.24) is 24.5 Å². The number of nitrogens with two attached hydrogens (primary N) is 1. The molecule has 0 spiro atoms. The Labute approximate surface area is 196 Å². The molecule has 1 saturated carbocycles. The highest BCUT2D eigenvalue weighted by Gasteiger charge is 2.22. The third-order valence-electron chi connectivity index (χ3n) is 6.39. The first-order valence-electron chi connectivity index (χ1n) is 11.2. The summed E-state index contributed by atoms with van der Waals surface area (Å²) in [6.07, 6.45) is 10.6. The molecule has 2 N–H and O–H groups in total. The van der Waals surface area contributed by atoms with E-state index in [4.69, 9.17) is 17.3 Å². The first-order chi connectivity index (χ1) is 16.0. The molecule has 1 aromatic carbocycles. The van der Waals surface area contributed by atoms with Gasteiger partial charge in [-0.05, 0) is 50.7 Å². The molecule has 33 heavy (non-hydrogen) atoms. The Kier molecular flexibility index (Phi) is 5.91. The van der Waals surface area contributed by atoms with Crippen LogP contribution < -0.4 is 11.3 Å². The number of aromatic nitrogens is 5. The first kappa shape index (κ1) is 21.7. The molecular weight excluding hydrogens is 436 g/mol. The quantitative estimate of drug-likeness (QED) is 0.484. The highest BCUT2D eigenvalue weighted by Crippen LogP contribution is 2.32. The molecule has 7 nitrogen and oxygen atoms in total. The van der Waals surface area contributed by atoms with Gasteiger partial charge in [0.1, 0.15) is 12.0 Å². The third-order valence-corrected chi connectivity index (χ3v) is 6.70. The zero-order valence-electron chi connectivity index (χ0n) is 18.4. The van der Waals surface area contributed by atoms with Crippen LogP contribution in [0.1, 0.15) is 31.4 Å². The van der Waals surface area contributed by atoms with Gasteiger partial charge >= 0.3 is 0 Å². The molecule has 4 aromatic rings. The standard InChI is InChI=1S/C25H25ClN6O/c1-15-10-28-12-23(31-15)17-4-7-20(22(26)9-17)21-8-18-11-29-14-30-24(18)32(25(21)33)13-16-2-5-19(27)6-3-16/h4,7-12,14,16,19H,2-3,5-6,13,27H2,1H3. The summed E-state index contributed by atoms with van der Waals surface area (Å²) in [5.41, 5.74) is 10.3. The average Bonchev–Trinajstić information content (AvgIpc) is 2.82. The molecule has 0 unspecified atom stereocenters. The molecule has 1 aliphatic carbocycles. The number of rotatable bonds is 4. The number of aryl methyl sites for hydroxylation is 1. The molecule has 168 valence electrons. The average molecular weight is 461 g/mol. The van der Waals surface area contributed by atoms with Crippen molar-refractivity contribution in [2.75, 3.05) is 0 Å². The maximum Gasteiger partial charge on any atom is 0.260 e. The maximum absolute atomic E-state index is 13.7. The molecule has 0 amide bonds. The summed E-state index contributed by atoms with van der Waals surface area (Å²) in [4.78, 5) is 31.0. The number of nitrogens with zero attached hydrogens (tertiary/aromatic N) is 5. The van der Waals surface area contributed by atoms with Crippen LogP contribution in [-0.2, 0) is 6.54 Å². The highest BCUT2D eigenvalue weighted by molar-refractivity contribution is 6.33. The van der Waals surface area contributed by atoms with Gasteiger partial charge in [0.2, 0.25) is 0 Å². The predicted octanol–water partition coefficient (Wildman–Crippen LogP) is 4.39. The SMILES string of the molecule is Cc1cncc(-c2ccc(-c3cc4cncnc4n(CC4CCC(N)CC4)c3=O)c(Cl)c2)n1. The molecule has 1 fully saturated rings. The Morgan fingerprint density at radius 2 is 1.88 bits per heavy atom. The minimum absolute atomic E-state index is 0.0962. The fourth-order valence-corrected chi connectivity index (χ4v) is 4.89. The molecule has 8 heteroatoms. The van der Waals surface area contributed by atoms with Crippen LogP contribution in [0.25, 0.3) is 33.4 Å². The number of halogens is 1. The normalized spacial score (nSPS) is 18.5. The van der Waals surface area contributed by atoms with E-state index in [2.05, 4.69) is 19.9 Å². The number of hydrogen-bond donors (Lipinski definition) is 1. The third kappa shape index (κ3) is 4.38. The number of hydrogen-bond acceptors (Lipinski definition) is 6.